The van der Waals surface area contributed by atoms with E-state index in [9.17, 15) is 4.79 Å². The average molecular weight is 380 g/mol. The standard InChI is InChI=1S/C16H25N3OS.2ClH/c1-19-9-3-5-12(15(19)14-7-4-10-21-14)11-18-16(20)13-6-2-8-17-13;;/h4,7,10,12-13,15,17H,2-3,5-6,8-9,11H2,1H3,(H,18,20);2*1H. The average Bonchev–Trinajstić information content (AvgIpc) is 3.17. The highest BCUT2D eigenvalue weighted by Gasteiger charge is 2.32. The Morgan fingerprint density at radius 1 is 1.39 bits per heavy atom. The van der Waals surface area contributed by atoms with Crippen molar-refractivity contribution in [3.63, 3.8) is 0 Å². The van der Waals surface area contributed by atoms with E-state index in [2.05, 4.69) is 40.1 Å². The molecule has 0 aromatic carbocycles. The molecule has 0 aliphatic carbocycles. The molecule has 4 nitrogen and oxygen atoms in total. The van der Waals surface area contributed by atoms with E-state index in [4.69, 9.17) is 0 Å². The first kappa shape index (κ1) is 20.7. The summed E-state index contributed by atoms with van der Waals surface area (Å²) in [6.45, 7) is 2.92. The van der Waals surface area contributed by atoms with Gasteiger partial charge in [0.1, 0.15) is 0 Å². The van der Waals surface area contributed by atoms with Crippen LogP contribution in [-0.4, -0.2) is 43.5 Å². The second-order valence-electron chi connectivity index (χ2n) is 6.24. The molecular formula is C16H27Cl2N3OS. The van der Waals surface area contributed by atoms with Crippen LogP contribution in [0.3, 0.4) is 0 Å². The summed E-state index contributed by atoms with van der Waals surface area (Å²) in [7, 11) is 2.21. The molecule has 3 unspecified atom stereocenters. The third kappa shape index (κ3) is 5.07. The van der Waals surface area contributed by atoms with Crippen molar-refractivity contribution in [3.8, 4) is 0 Å². The van der Waals surface area contributed by atoms with Crippen LogP contribution in [0, 0.1) is 5.92 Å². The van der Waals surface area contributed by atoms with Crippen LogP contribution in [0.2, 0.25) is 0 Å². The first-order valence-corrected chi connectivity index (χ1v) is 8.88. The lowest BCUT2D eigenvalue weighted by atomic mass is 9.88. The third-order valence-corrected chi connectivity index (χ3v) is 5.70. The molecule has 0 radical (unpaired) electrons. The minimum absolute atomic E-state index is 0. The Labute approximate surface area is 155 Å². The van der Waals surface area contributed by atoms with E-state index in [1.807, 2.05) is 11.3 Å². The van der Waals surface area contributed by atoms with E-state index in [0.29, 0.717) is 12.0 Å². The van der Waals surface area contributed by atoms with Crippen molar-refractivity contribution >= 4 is 42.1 Å². The van der Waals surface area contributed by atoms with Crippen LogP contribution >= 0.6 is 36.2 Å². The number of rotatable bonds is 4. The van der Waals surface area contributed by atoms with Crippen molar-refractivity contribution in [1.82, 2.24) is 15.5 Å². The van der Waals surface area contributed by atoms with Crippen LogP contribution in [0.4, 0.5) is 0 Å². The molecule has 132 valence electrons. The predicted octanol–water partition coefficient (Wildman–Crippen LogP) is 2.84. The van der Waals surface area contributed by atoms with Crippen LogP contribution in [0.1, 0.15) is 36.6 Å². The highest BCUT2D eigenvalue weighted by molar-refractivity contribution is 7.10. The van der Waals surface area contributed by atoms with Gasteiger partial charge in [0.2, 0.25) is 5.91 Å². The maximum Gasteiger partial charge on any atom is 0.237 e. The molecule has 23 heavy (non-hydrogen) atoms. The normalized spacial score (nSPS) is 27.8. The molecule has 2 aliphatic rings. The fourth-order valence-corrected chi connectivity index (χ4v) is 4.63. The van der Waals surface area contributed by atoms with E-state index >= 15 is 0 Å². The monoisotopic (exact) mass is 379 g/mol. The molecule has 0 saturated carbocycles. The summed E-state index contributed by atoms with van der Waals surface area (Å²) in [5.41, 5.74) is 0. The topological polar surface area (TPSA) is 44.4 Å². The first-order chi connectivity index (χ1) is 10.3. The lowest BCUT2D eigenvalue weighted by molar-refractivity contribution is -0.123. The van der Waals surface area contributed by atoms with Gasteiger partial charge in [0, 0.05) is 17.5 Å². The second kappa shape index (κ2) is 9.84. The van der Waals surface area contributed by atoms with Gasteiger partial charge in [0.05, 0.1) is 6.04 Å². The van der Waals surface area contributed by atoms with Crippen molar-refractivity contribution in [1.29, 1.82) is 0 Å². The lowest BCUT2D eigenvalue weighted by Crippen LogP contribution is -2.45. The molecule has 3 atom stereocenters. The van der Waals surface area contributed by atoms with Gasteiger partial charge in [-0.15, -0.1) is 36.2 Å². The Hall–Kier alpha value is -0.330. The van der Waals surface area contributed by atoms with E-state index in [1.165, 1.54) is 17.7 Å². The van der Waals surface area contributed by atoms with Crippen molar-refractivity contribution in [2.75, 3.05) is 26.7 Å². The summed E-state index contributed by atoms with van der Waals surface area (Å²) in [6.07, 6.45) is 4.51. The molecule has 1 amide bonds. The van der Waals surface area contributed by atoms with E-state index in [0.717, 1.165) is 32.5 Å². The fourth-order valence-electron chi connectivity index (χ4n) is 3.65. The van der Waals surface area contributed by atoms with Gasteiger partial charge >= 0.3 is 0 Å². The zero-order valence-electron chi connectivity index (χ0n) is 13.5. The first-order valence-electron chi connectivity index (χ1n) is 8.00. The maximum absolute atomic E-state index is 12.2. The zero-order chi connectivity index (χ0) is 14.7. The van der Waals surface area contributed by atoms with Crippen molar-refractivity contribution < 1.29 is 4.79 Å². The van der Waals surface area contributed by atoms with Crippen LogP contribution in [0.5, 0.6) is 0 Å². The number of hydrogen-bond donors (Lipinski definition) is 2. The second-order valence-corrected chi connectivity index (χ2v) is 7.22. The number of nitrogens with zero attached hydrogens (tertiary/aromatic N) is 1. The molecule has 3 rings (SSSR count). The molecule has 1 aromatic heterocycles. The van der Waals surface area contributed by atoms with Gasteiger partial charge in [-0.1, -0.05) is 6.07 Å². The summed E-state index contributed by atoms with van der Waals surface area (Å²) >= 11 is 1.83. The van der Waals surface area contributed by atoms with E-state index < -0.39 is 0 Å². The largest absolute Gasteiger partial charge is 0.354 e. The maximum atomic E-state index is 12.2. The Kier molecular flexibility index (Phi) is 8.86. The SMILES string of the molecule is CN1CCCC(CNC(=O)C2CCCN2)C1c1cccs1.Cl.Cl. The number of amides is 1. The highest BCUT2D eigenvalue weighted by atomic mass is 35.5. The van der Waals surface area contributed by atoms with Gasteiger partial charge in [-0.05, 0) is 63.2 Å². The number of likely N-dealkylation sites (tertiary alicyclic amines) is 1. The van der Waals surface area contributed by atoms with Crippen LogP contribution in [0.25, 0.3) is 0 Å². The van der Waals surface area contributed by atoms with Gasteiger partial charge in [-0.2, -0.15) is 0 Å². The Morgan fingerprint density at radius 2 is 2.22 bits per heavy atom. The summed E-state index contributed by atoms with van der Waals surface area (Å²) < 4.78 is 0. The predicted molar refractivity (Wildman–Crippen MR) is 101 cm³/mol. The lowest BCUT2D eigenvalue weighted by Gasteiger charge is -2.39. The molecule has 3 heterocycles. The number of halogens is 2. The van der Waals surface area contributed by atoms with Gasteiger partial charge in [-0.3, -0.25) is 9.69 Å². The Bertz CT molecular complexity index is 466. The number of nitrogens with one attached hydrogen (secondary N) is 2. The van der Waals surface area contributed by atoms with Gasteiger partial charge < -0.3 is 10.6 Å². The fraction of sp³-hybridized carbons (Fsp3) is 0.688. The number of hydrogen-bond acceptors (Lipinski definition) is 4. The molecule has 2 fully saturated rings. The number of piperidine rings is 1. The van der Waals surface area contributed by atoms with E-state index in [1.54, 1.807) is 0 Å². The molecule has 2 aliphatic heterocycles. The number of thiophene rings is 1. The zero-order valence-corrected chi connectivity index (χ0v) is 15.9. The van der Waals surface area contributed by atoms with Crippen molar-refractivity contribution in [3.05, 3.63) is 22.4 Å². The smallest absolute Gasteiger partial charge is 0.237 e. The number of carbonyl (C=O) groups is 1. The molecule has 2 saturated heterocycles. The number of carbonyl (C=O) groups excluding carboxylic acids is 1. The molecule has 7 heteroatoms. The third-order valence-electron chi connectivity index (χ3n) is 4.76. The molecule has 0 bridgehead atoms. The molecule has 2 N–H and O–H groups in total. The summed E-state index contributed by atoms with van der Waals surface area (Å²) in [4.78, 5) is 16.0. The Morgan fingerprint density at radius 3 is 2.87 bits per heavy atom. The molecular weight excluding hydrogens is 353 g/mol. The Balaban J connectivity index is 0.00000132. The van der Waals surface area contributed by atoms with Gasteiger partial charge in [0.15, 0.2) is 0 Å². The minimum Gasteiger partial charge on any atom is -0.354 e. The van der Waals surface area contributed by atoms with Crippen molar-refractivity contribution in [2.24, 2.45) is 5.92 Å². The van der Waals surface area contributed by atoms with Crippen molar-refractivity contribution in [2.45, 2.75) is 37.8 Å². The quantitative estimate of drug-likeness (QED) is 0.844. The van der Waals surface area contributed by atoms with Gasteiger partial charge in [0.25, 0.3) is 0 Å². The van der Waals surface area contributed by atoms with Crippen LogP contribution in [-0.2, 0) is 4.79 Å². The summed E-state index contributed by atoms with van der Waals surface area (Å²) in [5.74, 6) is 0.707. The van der Waals surface area contributed by atoms with E-state index in [-0.39, 0.29) is 36.8 Å². The molecule has 0 spiro atoms. The molecule has 1 aromatic rings. The minimum atomic E-state index is 0. The highest BCUT2D eigenvalue weighted by Crippen LogP contribution is 2.36. The van der Waals surface area contributed by atoms with Gasteiger partial charge in [-0.25, -0.2) is 0 Å². The van der Waals surface area contributed by atoms with Crippen LogP contribution < -0.4 is 10.6 Å². The van der Waals surface area contributed by atoms with Crippen LogP contribution in [0.15, 0.2) is 17.5 Å². The summed E-state index contributed by atoms with van der Waals surface area (Å²) in [5, 5.41) is 8.60. The summed E-state index contributed by atoms with van der Waals surface area (Å²) in [6, 6.07) is 4.84.